The van der Waals surface area contributed by atoms with Crippen molar-refractivity contribution in [1.29, 1.82) is 0 Å². The highest BCUT2D eigenvalue weighted by Crippen LogP contribution is 2.39. The van der Waals surface area contributed by atoms with Crippen LogP contribution in [0.2, 0.25) is 0 Å². The van der Waals surface area contributed by atoms with Crippen LogP contribution in [0.5, 0.6) is 5.88 Å². The van der Waals surface area contributed by atoms with Gasteiger partial charge in [0.1, 0.15) is 29.4 Å². The zero-order valence-electron chi connectivity index (χ0n) is 20.3. The molecular formula is C24H21F5N8O2. The van der Waals surface area contributed by atoms with Gasteiger partial charge in [-0.15, -0.1) is 0 Å². The highest BCUT2D eigenvalue weighted by molar-refractivity contribution is 5.98. The van der Waals surface area contributed by atoms with Crippen LogP contribution in [-0.2, 0) is 12.7 Å². The van der Waals surface area contributed by atoms with Crippen molar-refractivity contribution in [3.63, 3.8) is 0 Å². The Kier molecular flexibility index (Phi) is 6.76. The SMILES string of the molecule is COc1ncc(-c2cc(C(F)(F)F)c3c(N)ncnn23)cc1C(=O)NC1CN(Cc2cncc(F)c2)CC1F. The molecule has 2 unspecified atom stereocenters. The van der Waals surface area contributed by atoms with Crippen molar-refractivity contribution in [2.75, 3.05) is 25.9 Å². The number of alkyl halides is 4. The molecule has 204 valence electrons. The van der Waals surface area contributed by atoms with Crippen molar-refractivity contribution >= 4 is 17.2 Å². The minimum absolute atomic E-state index is 0.00558. The zero-order chi connectivity index (χ0) is 27.9. The van der Waals surface area contributed by atoms with E-state index in [2.05, 4.69) is 25.4 Å². The quantitative estimate of drug-likeness (QED) is 0.353. The average molecular weight is 548 g/mol. The number of hydrogen-bond donors (Lipinski definition) is 2. The number of halogens is 5. The topological polar surface area (TPSA) is 124 Å². The van der Waals surface area contributed by atoms with E-state index in [-0.39, 0.29) is 48.2 Å². The number of pyridine rings is 2. The van der Waals surface area contributed by atoms with Crippen molar-refractivity contribution in [2.24, 2.45) is 0 Å². The minimum Gasteiger partial charge on any atom is -0.480 e. The summed E-state index contributed by atoms with van der Waals surface area (Å²) in [5.74, 6) is -1.75. The number of carbonyl (C=O) groups excluding carboxylic acids is 1. The second kappa shape index (κ2) is 10.1. The Labute approximate surface area is 217 Å². The molecule has 2 atom stereocenters. The molecular weight excluding hydrogens is 527 g/mol. The third-order valence-electron chi connectivity index (χ3n) is 6.28. The Morgan fingerprint density at radius 3 is 2.69 bits per heavy atom. The summed E-state index contributed by atoms with van der Waals surface area (Å²) in [4.78, 5) is 26.4. The number of nitrogens with one attached hydrogen (secondary N) is 1. The van der Waals surface area contributed by atoms with Crippen molar-refractivity contribution in [2.45, 2.75) is 24.9 Å². The molecule has 4 aromatic heterocycles. The van der Waals surface area contributed by atoms with Gasteiger partial charge < -0.3 is 15.8 Å². The van der Waals surface area contributed by atoms with E-state index in [1.54, 1.807) is 4.90 Å². The van der Waals surface area contributed by atoms with E-state index in [0.717, 1.165) is 23.1 Å². The van der Waals surface area contributed by atoms with E-state index in [0.29, 0.717) is 5.56 Å². The number of nitrogens with zero attached hydrogens (tertiary/aromatic N) is 6. The van der Waals surface area contributed by atoms with Gasteiger partial charge in [0.25, 0.3) is 5.91 Å². The number of carbonyl (C=O) groups is 1. The maximum atomic E-state index is 14.8. The second-order valence-electron chi connectivity index (χ2n) is 8.93. The summed E-state index contributed by atoms with van der Waals surface area (Å²) < 4.78 is 75.6. The van der Waals surface area contributed by atoms with Gasteiger partial charge in [0.05, 0.1) is 30.6 Å². The molecule has 1 amide bonds. The Morgan fingerprint density at radius 1 is 1.18 bits per heavy atom. The fourth-order valence-electron chi connectivity index (χ4n) is 4.56. The molecule has 0 bridgehead atoms. The van der Waals surface area contributed by atoms with Crippen LogP contribution in [0.1, 0.15) is 21.5 Å². The number of fused-ring (bicyclic) bond motifs is 1. The van der Waals surface area contributed by atoms with Gasteiger partial charge in [-0.05, 0) is 23.8 Å². The van der Waals surface area contributed by atoms with Crippen LogP contribution in [0.3, 0.4) is 0 Å². The van der Waals surface area contributed by atoms with Gasteiger partial charge in [-0.1, -0.05) is 0 Å². The smallest absolute Gasteiger partial charge is 0.418 e. The van der Waals surface area contributed by atoms with Gasteiger partial charge in [-0.25, -0.2) is 23.3 Å². The van der Waals surface area contributed by atoms with Crippen molar-refractivity contribution < 1.29 is 31.5 Å². The molecule has 5 heterocycles. The number of methoxy groups -OCH3 is 1. The third-order valence-corrected chi connectivity index (χ3v) is 6.28. The van der Waals surface area contributed by atoms with Crippen LogP contribution in [-0.4, -0.2) is 67.8 Å². The monoisotopic (exact) mass is 548 g/mol. The van der Waals surface area contributed by atoms with Crippen LogP contribution in [0.25, 0.3) is 16.8 Å². The fraction of sp³-hybridized carbons (Fsp3) is 0.292. The second-order valence-corrected chi connectivity index (χ2v) is 8.93. The first kappa shape index (κ1) is 26.2. The van der Waals surface area contributed by atoms with E-state index >= 15 is 0 Å². The van der Waals surface area contributed by atoms with Gasteiger partial charge in [0, 0.05) is 37.6 Å². The lowest BCUT2D eigenvalue weighted by molar-refractivity contribution is -0.136. The molecule has 1 aliphatic rings. The fourth-order valence-corrected chi connectivity index (χ4v) is 4.56. The molecule has 4 aromatic rings. The van der Waals surface area contributed by atoms with Crippen molar-refractivity contribution in [3.05, 3.63) is 65.6 Å². The highest BCUT2D eigenvalue weighted by atomic mass is 19.4. The lowest BCUT2D eigenvalue weighted by Crippen LogP contribution is -2.41. The predicted octanol–water partition coefficient (Wildman–Crippen LogP) is 2.89. The minimum atomic E-state index is -4.76. The number of aromatic nitrogens is 5. The normalized spacial score (nSPS) is 18.0. The summed E-state index contributed by atoms with van der Waals surface area (Å²) in [5.41, 5.74) is 4.69. The number of likely N-dealkylation sites (tertiary alicyclic amines) is 1. The molecule has 0 saturated carbocycles. The Hall–Kier alpha value is -4.40. The van der Waals surface area contributed by atoms with E-state index < -0.39 is 41.2 Å². The lowest BCUT2D eigenvalue weighted by atomic mass is 10.1. The predicted molar refractivity (Wildman–Crippen MR) is 128 cm³/mol. The van der Waals surface area contributed by atoms with Crippen LogP contribution >= 0.6 is 0 Å². The molecule has 1 saturated heterocycles. The molecule has 10 nitrogen and oxygen atoms in total. The number of rotatable bonds is 6. The molecule has 15 heteroatoms. The van der Waals surface area contributed by atoms with Crippen molar-refractivity contribution in [1.82, 2.24) is 34.8 Å². The molecule has 1 fully saturated rings. The number of nitrogens with two attached hydrogens (primary N) is 1. The largest absolute Gasteiger partial charge is 0.480 e. The van der Waals surface area contributed by atoms with Crippen LogP contribution < -0.4 is 15.8 Å². The number of ether oxygens (including phenoxy) is 1. The zero-order valence-corrected chi connectivity index (χ0v) is 20.3. The van der Waals surface area contributed by atoms with E-state index in [4.69, 9.17) is 10.5 Å². The summed E-state index contributed by atoms with van der Waals surface area (Å²) in [5, 5.41) is 6.50. The number of hydrogen-bond acceptors (Lipinski definition) is 8. The molecule has 1 aliphatic heterocycles. The van der Waals surface area contributed by atoms with Gasteiger partial charge in [0.15, 0.2) is 5.82 Å². The molecule has 0 spiro atoms. The summed E-state index contributed by atoms with van der Waals surface area (Å²) in [6.45, 7) is 0.355. The Balaban J connectivity index is 1.42. The van der Waals surface area contributed by atoms with Crippen molar-refractivity contribution in [3.8, 4) is 17.1 Å². The Bertz CT molecular complexity index is 1540. The van der Waals surface area contributed by atoms with Crippen LogP contribution in [0.15, 0.2) is 43.1 Å². The van der Waals surface area contributed by atoms with Gasteiger partial charge >= 0.3 is 6.18 Å². The maximum absolute atomic E-state index is 14.8. The van der Waals surface area contributed by atoms with Gasteiger partial charge in [0.2, 0.25) is 5.88 Å². The van der Waals surface area contributed by atoms with Gasteiger partial charge in [-0.2, -0.15) is 18.3 Å². The first-order valence-corrected chi connectivity index (χ1v) is 11.6. The summed E-state index contributed by atoms with van der Waals surface area (Å²) in [6, 6.07) is 2.49. The first-order valence-electron chi connectivity index (χ1n) is 11.6. The first-order chi connectivity index (χ1) is 18.5. The van der Waals surface area contributed by atoms with Crippen LogP contribution in [0.4, 0.5) is 27.8 Å². The molecule has 0 aromatic carbocycles. The third kappa shape index (κ3) is 5.16. The lowest BCUT2D eigenvalue weighted by Gasteiger charge is -2.17. The maximum Gasteiger partial charge on any atom is 0.418 e. The molecule has 0 aliphatic carbocycles. The molecule has 5 rings (SSSR count). The molecule has 0 radical (unpaired) electrons. The van der Waals surface area contributed by atoms with Crippen LogP contribution in [0, 0.1) is 5.82 Å². The summed E-state index contributed by atoms with van der Waals surface area (Å²) in [6.07, 6.45) is -1.43. The molecule has 39 heavy (non-hydrogen) atoms. The Morgan fingerprint density at radius 2 is 1.97 bits per heavy atom. The summed E-state index contributed by atoms with van der Waals surface area (Å²) >= 11 is 0. The van der Waals surface area contributed by atoms with E-state index in [1.165, 1.54) is 31.6 Å². The summed E-state index contributed by atoms with van der Waals surface area (Å²) in [7, 11) is 1.27. The van der Waals surface area contributed by atoms with E-state index in [1.807, 2.05) is 0 Å². The molecule has 3 N–H and O–H groups in total. The highest BCUT2D eigenvalue weighted by Gasteiger charge is 2.37. The number of anilines is 1. The van der Waals surface area contributed by atoms with E-state index in [9.17, 15) is 26.7 Å². The standard InChI is InChI=1S/C24H21F5N8O2/c1-39-23-15(22(38)35-18-10-36(9-17(18)26)8-12-2-14(25)7-31-5-12)3-13(6-32-23)19-4-16(24(27,28)29)20-21(30)33-11-34-37(19)20/h2-7,11,17-18H,8-10H2,1H3,(H,35,38)(H2,30,33,34). The number of amides is 1. The average Bonchev–Trinajstić information content (AvgIpc) is 3.44. The van der Waals surface area contributed by atoms with Gasteiger partial charge in [-0.3, -0.25) is 14.7 Å². The number of nitrogen functional groups attached to an aromatic ring is 1.